The molecule has 3 aliphatic rings. The summed E-state index contributed by atoms with van der Waals surface area (Å²) in [5.41, 5.74) is 0. The maximum atomic E-state index is 11.7. The van der Waals surface area contributed by atoms with Crippen LogP contribution in [0.5, 0.6) is 11.5 Å². The maximum absolute atomic E-state index is 11.7. The Hall–Kier alpha value is -1.67. The minimum absolute atomic E-state index is 0.0601. The van der Waals surface area contributed by atoms with Gasteiger partial charge in [0.25, 0.3) is 0 Å². The highest BCUT2D eigenvalue weighted by Gasteiger charge is 2.54. The molecule has 2 heterocycles. The Labute approximate surface area is 183 Å². The van der Waals surface area contributed by atoms with Gasteiger partial charge in [-0.3, -0.25) is 4.79 Å². The second-order valence-electron chi connectivity index (χ2n) is 9.56. The van der Waals surface area contributed by atoms with Crippen molar-refractivity contribution in [3.63, 3.8) is 0 Å². The fraction of sp³-hybridized carbons (Fsp3) is 0.708. The van der Waals surface area contributed by atoms with E-state index in [9.17, 15) is 9.90 Å². The van der Waals surface area contributed by atoms with Crippen molar-refractivity contribution in [2.24, 2.45) is 29.6 Å². The van der Waals surface area contributed by atoms with Gasteiger partial charge in [-0.15, -0.1) is 0 Å². The van der Waals surface area contributed by atoms with Crippen LogP contribution < -0.4 is 9.47 Å². The summed E-state index contributed by atoms with van der Waals surface area (Å²) >= 11 is 0. The van der Waals surface area contributed by atoms with Crippen LogP contribution in [-0.4, -0.2) is 41.2 Å². The largest absolute Gasteiger partial charge is 0.464 e. The predicted octanol–water partition coefficient (Wildman–Crippen LogP) is 3.47. The van der Waals surface area contributed by atoms with Gasteiger partial charge in [-0.2, -0.15) is 0 Å². The Morgan fingerprint density at radius 3 is 2.74 bits per heavy atom. The molecule has 2 N–H and O–H groups in total. The number of esters is 1. The average Bonchev–Trinajstić information content (AvgIpc) is 2.84. The SMILES string of the molecule is C[C@@H]1CCC2C3C1CC[C@@](C)(O)O[C@@H]3O[C@H](Oc1cccc(OC(=O)CCO)c1)[C@@H]2C. The zero-order valence-electron chi connectivity index (χ0n) is 18.5. The van der Waals surface area contributed by atoms with Gasteiger partial charge >= 0.3 is 5.97 Å². The molecule has 1 aromatic carbocycles. The molecular weight excluding hydrogens is 400 g/mol. The third kappa shape index (κ3) is 4.90. The van der Waals surface area contributed by atoms with E-state index in [2.05, 4.69) is 13.8 Å². The number of aliphatic hydroxyl groups is 2. The Kier molecular flexibility index (Phi) is 6.58. The summed E-state index contributed by atoms with van der Waals surface area (Å²) in [5.74, 6) is 1.03. The van der Waals surface area contributed by atoms with Crippen molar-refractivity contribution < 1.29 is 34.0 Å². The molecule has 8 atom stereocenters. The van der Waals surface area contributed by atoms with Crippen LogP contribution in [0.25, 0.3) is 0 Å². The topological polar surface area (TPSA) is 94.5 Å². The molecule has 31 heavy (non-hydrogen) atoms. The van der Waals surface area contributed by atoms with Crippen molar-refractivity contribution >= 4 is 5.97 Å². The smallest absolute Gasteiger partial charge is 0.313 e. The summed E-state index contributed by atoms with van der Waals surface area (Å²) in [6, 6.07) is 6.86. The average molecular weight is 435 g/mol. The normalized spacial score (nSPS) is 39.8. The number of rotatable bonds is 5. The maximum Gasteiger partial charge on any atom is 0.313 e. The fourth-order valence-corrected chi connectivity index (χ4v) is 5.61. The second-order valence-corrected chi connectivity index (χ2v) is 9.56. The lowest BCUT2D eigenvalue weighted by atomic mass is 9.61. The lowest BCUT2D eigenvalue weighted by Gasteiger charge is -2.51. The van der Waals surface area contributed by atoms with Gasteiger partial charge in [-0.1, -0.05) is 26.3 Å². The number of hydrogen-bond donors (Lipinski definition) is 2. The van der Waals surface area contributed by atoms with Gasteiger partial charge < -0.3 is 29.2 Å². The third-order valence-corrected chi connectivity index (χ3v) is 7.28. The van der Waals surface area contributed by atoms with Gasteiger partial charge in [0, 0.05) is 24.3 Å². The van der Waals surface area contributed by atoms with Gasteiger partial charge in [-0.25, -0.2) is 0 Å². The van der Waals surface area contributed by atoms with E-state index in [4.69, 9.17) is 24.1 Å². The molecular formula is C24H34O7. The van der Waals surface area contributed by atoms with E-state index in [-0.39, 0.29) is 24.9 Å². The number of ether oxygens (including phenoxy) is 4. The van der Waals surface area contributed by atoms with Crippen LogP contribution in [0, 0.1) is 29.6 Å². The van der Waals surface area contributed by atoms with Gasteiger partial charge in [0.1, 0.15) is 11.5 Å². The van der Waals surface area contributed by atoms with Gasteiger partial charge in [0.15, 0.2) is 12.1 Å². The van der Waals surface area contributed by atoms with Crippen LogP contribution in [0.15, 0.2) is 24.3 Å². The Morgan fingerprint density at radius 2 is 1.97 bits per heavy atom. The fourth-order valence-electron chi connectivity index (χ4n) is 5.61. The molecule has 2 aliphatic heterocycles. The standard InChI is InChI=1S/C24H34O7/c1-14-7-8-19-15(2)22(30-23-21(19)18(14)9-11-24(3,27)31-23)29-17-6-4-5-16(13-17)28-20(26)10-12-25/h4-6,13-15,18-19,21-23,25,27H,7-12H2,1-3H3/t14-,15-,18?,19?,21?,22+,23+,24+/m1/s1. The van der Waals surface area contributed by atoms with Crippen LogP contribution in [0.1, 0.15) is 52.9 Å². The summed E-state index contributed by atoms with van der Waals surface area (Å²) in [7, 11) is 0. The molecule has 7 heteroatoms. The zero-order chi connectivity index (χ0) is 22.2. The summed E-state index contributed by atoms with van der Waals surface area (Å²) < 4.78 is 23.8. The van der Waals surface area contributed by atoms with Crippen molar-refractivity contribution in [3.8, 4) is 11.5 Å². The van der Waals surface area contributed by atoms with E-state index in [0.717, 1.165) is 19.3 Å². The van der Waals surface area contributed by atoms with Crippen LogP contribution in [0.3, 0.4) is 0 Å². The minimum atomic E-state index is -1.21. The molecule has 0 spiro atoms. The first kappa shape index (κ1) is 22.5. The van der Waals surface area contributed by atoms with Crippen molar-refractivity contribution in [1.29, 1.82) is 0 Å². The highest BCUT2D eigenvalue weighted by atomic mass is 16.8. The molecule has 4 rings (SSSR count). The first-order valence-corrected chi connectivity index (χ1v) is 11.4. The van der Waals surface area contributed by atoms with Crippen molar-refractivity contribution in [2.45, 2.75) is 71.2 Å². The predicted molar refractivity (Wildman–Crippen MR) is 112 cm³/mol. The number of carbonyl (C=O) groups excluding carboxylic acids is 1. The van der Waals surface area contributed by atoms with E-state index in [1.165, 1.54) is 0 Å². The van der Waals surface area contributed by atoms with Crippen LogP contribution in [-0.2, 0) is 14.3 Å². The highest BCUT2D eigenvalue weighted by molar-refractivity contribution is 5.72. The Bertz CT molecular complexity index is 779. The lowest BCUT2D eigenvalue weighted by Crippen LogP contribution is -2.55. The van der Waals surface area contributed by atoms with E-state index in [1.807, 2.05) is 0 Å². The summed E-state index contributed by atoms with van der Waals surface area (Å²) in [6.45, 7) is 5.92. The minimum Gasteiger partial charge on any atom is -0.464 e. The third-order valence-electron chi connectivity index (χ3n) is 7.28. The molecule has 7 nitrogen and oxygen atoms in total. The molecule has 3 fully saturated rings. The monoisotopic (exact) mass is 434 g/mol. The molecule has 1 saturated carbocycles. The molecule has 2 saturated heterocycles. The van der Waals surface area contributed by atoms with Crippen molar-refractivity contribution in [2.75, 3.05) is 6.61 Å². The number of hydrogen-bond acceptors (Lipinski definition) is 7. The summed E-state index contributed by atoms with van der Waals surface area (Å²) in [6.07, 6.45) is 2.69. The first-order valence-electron chi connectivity index (χ1n) is 11.4. The summed E-state index contributed by atoms with van der Waals surface area (Å²) in [4.78, 5) is 11.7. The Balaban J connectivity index is 1.52. The quantitative estimate of drug-likeness (QED) is 0.541. The lowest BCUT2D eigenvalue weighted by molar-refractivity contribution is -0.358. The summed E-state index contributed by atoms with van der Waals surface area (Å²) in [5, 5.41) is 19.6. The number of aliphatic hydroxyl groups excluding tert-OH is 1. The van der Waals surface area contributed by atoms with Crippen LogP contribution >= 0.6 is 0 Å². The molecule has 0 aromatic heterocycles. The molecule has 0 bridgehead atoms. The molecule has 172 valence electrons. The van der Waals surface area contributed by atoms with E-state index in [1.54, 1.807) is 31.2 Å². The molecule has 3 unspecified atom stereocenters. The molecule has 1 aromatic rings. The first-order chi connectivity index (χ1) is 14.8. The van der Waals surface area contributed by atoms with Crippen molar-refractivity contribution in [3.05, 3.63) is 24.3 Å². The van der Waals surface area contributed by atoms with Gasteiger partial charge in [0.2, 0.25) is 6.29 Å². The zero-order valence-corrected chi connectivity index (χ0v) is 18.5. The molecule has 0 amide bonds. The molecule has 0 radical (unpaired) electrons. The van der Waals surface area contributed by atoms with Crippen molar-refractivity contribution in [1.82, 2.24) is 0 Å². The Morgan fingerprint density at radius 1 is 1.19 bits per heavy atom. The van der Waals surface area contributed by atoms with Gasteiger partial charge in [-0.05, 0) is 49.7 Å². The van der Waals surface area contributed by atoms with E-state index in [0.29, 0.717) is 35.7 Å². The molecule has 1 aliphatic carbocycles. The van der Waals surface area contributed by atoms with Gasteiger partial charge in [0.05, 0.1) is 13.0 Å². The second kappa shape index (κ2) is 9.06. The highest BCUT2D eigenvalue weighted by Crippen LogP contribution is 2.53. The van der Waals surface area contributed by atoms with E-state index >= 15 is 0 Å². The van der Waals surface area contributed by atoms with Crippen LogP contribution in [0.4, 0.5) is 0 Å². The number of benzene rings is 1. The van der Waals surface area contributed by atoms with E-state index < -0.39 is 24.3 Å². The number of carbonyl (C=O) groups is 1. The van der Waals surface area contributed by atoms with Crippen LogP contribution in [0.2, 0.25) is 0 Å².